The number of hydrogen-bond donors (Lipinski definition) is 1. The summed E-state index contributed by atoms with van der Waals surface area (Å²) in [5, 5.41) is 2.71. The fraction of sp³-hybridized carbons (Fsp3) is 0.278. The molecule has 0 aliphatic carbocycles. The number of aryl methyl sites for hydroxylation is 1. The monoisotopic (exact) mass is 367 g/mol. The fourth-order valence-corrected chi connectivity index (χ4v) is 3.79. The highest BCUT2D eigenvalue weighted by Gasteiger charge is 2.32. The molecule has 3 aromatic heterocycles. The average Bonchev–Trinajstić information content (AvgIpc) is 3.31. The summed E-state index contributed by atoms with van der Waals surface area (Å²) < 4.78 is 0. The Kier molecular flexibility index (Phi) is 4.34. The van der Waals surface area contributed by atoms with E-state index in [0.717, 1.165) is 23.5 Å². The maximum atomic E-state index is 12.9. The molecule has 0 bridgehead atoms. The van der Waals surface area contributed by atoms with E-state index in [2.05, 4.69) is 19.9 Å². The van der Waals surface area contributed by atoms with Crippen LogP contribution in [-0.4, -0.2) is 37.3 Å². The molecule has 0 saturated carbocycles. The minimum absolute atomic E-state index is 0.0449. The number of nitrogens with one attached hydrogen (secondary N) is 1. The largest absolute Gasteiger partial charge is 0.330 e. The predicted octanol–water partition coefficient (Wildman–Crippen LogP) is 2.57. The van der Waals surface area contributed by atoms with Crippen LogP contribution >= 0.6 is 11.3 Å². The van der Waals surface area contributed by atoms with E-state index < -0.39 is 5.56 Å². The van der Waals surface area contributed by atoms with Gasteiger partial charge in [0.15, 0.2) is 5.82 Å². The Morgan fingerprint density at radius 3 is 2.92 bits per heavy atom. The SMILES string of the molecule is Cc1nc(-c2ncc(C(=O)N3CCC[C@H]3c3ccccn3)c(=O)[nH]2)cs1. The molecule has 0 aromatic carbocycles. The van der Waals surface area contributed by atoms with Crippen molar-refractivity contribution in [1.82, 2.24) is 24.8 Å². The number of thiazole rings is 1. The summed E-state index contributed by atoms with van der Waals surface area (Å²) in [6.07, 6.45) is 4.78. The first-order chi connectivity index (χ1) is 12.6. The second-order valence-electron chi connectivity index (χ2n) is 6.14. The number of amides is 1. The average molecular weight is 367 g/mol. The van der Waals surface area contributed by atoms with Crippen molar-refractivity contribution in [2.24, 2.45) is 0 Å². The van der Waals surface area contributed by atoms with Crippen LogP contribution in [0.4, 0.5) is 0 Å². The molecule has 7 nitrogen and oxygen atoms in total. The summed E-state index contributed by atoms with van der Waals surface area (Å²) in [5.74, 6) is 0.0616. The van der Waals surface area contributed by atoms with Crippen LogP contribution in [0, 0.1) is 6.92 Å². The van der Waals surface area contributed by atoms with Gasteiger partial charge in [0, 0.05) is 24.3 Å². The Morgan fingerprint density at radius 1 is 1.35 bits per heavy atom. The van der Waals surface area contributed by atoms with Gasteiger partial charge in [-0.1, -0.05) is 6.07 Å². The smallest absolute Gasteiger partial charge is 0.264 e. The van der Waals surface area contributed by atoms with Crippen LogP contribution in [0.3, 0.4) is 0 Å². The number of pyridine rings is 1. The Bertz CT molecular complexity index is 998. The van der Waals surface area contributed by atoms with Gasteiger partial charge in [-0.2, -0.15) is 0 Å². The second-order valence-corrected chi connectivity index (χ2v) is 7.20. The van der Waals surface area contributed by atoms with Crippen LogP contribution in [0.5, 0.6) is 0 Å². The van der Waals surface area contributed by atoms with Gasteiger partial charge < -0.3 is 9.88 Å². The number of H-pyrrole nitrogens is 1. The number of rotatable bonds is 3. The van der Waals surface area contributed by atoms with E-state index in [1.54, 1.807) is 11.1 Å². The van der Waals surface area contributed by atoms with Crippen molar-refractivity contribution in [2.45, 2.75) is 25.8 Å². The van der Waals surface area contributed by atoms with Crippen molar-refractivity contribution < 1.29 is 4.79 Å². The van der Waals surface area contributed by atoms with Gasteiger partial charge in [-0.25, -0.2) is 9.97 Å². The van der Waals surface area contributed by atoms with Crippen LogP contribution < -0.4 is 5.56 Å². The van der Waals surface area contributed by atoms with Crippen molar-refractivity contribution in [3.63, 3.8) is 0 Å². The zero-order valence-corrected chi connectivity index (χ0v) is 15.0. The van der Waals surface area contributed by atoms with Crippen LogP contribution in [0.1, 0.15) is 39.9 Å². The maximum Gasteiger partial charge on any atom is 0.264 e. The van der Waals surface area contributed by atoms with Gasteiger partial charge in [-0.15, -0.1) is 11.3 Å². The number of aromatic nitrogens is 4. The molecule has 1 aliphatic rings. The molecule has 0 spiro atoms. The van der Waals surface area contributed by atoms with E-state index in [0.29, 0.717) is 18.1 Å². The highest BCUT2D eigenvalue weighted by Crippen LogP contribution is 2.31. The van der Waals surface area contributed by atoms with E-state index >= 15 is 0 Å². The molecule has 1 saturated heterocycles. The van der Waals surface area contributed by atoms with Gasteiger partial charge in [-0.05, 0) is 31.9 Å². The van der Waals surface area contributed by atoms with Gasteiger partial charge >= 0.3 is 0 Å². The topological polar surface area (TPSA) is 91.8 Å². The molecule has 26 heavy (non-hydrogen) atoms. The fourth-order valence-electron chi connectivity index (χ4n) is 3.19. The highest BCUT2D eigenvalue weighted by molar-refractivity contribution is 7.09. The summed E-state index contributed by atoms with van der Waals surface area (Å²) in [6.45, 7) is 2.49. The van der Waals surface area contributed by atoms with Gasteiger partial charge in [0.1, 0.15) is 11.3 Å². The molecule has 1 N–H and O–H groups in total. The van der Waals surface area contributed by atoms with Crippen molar-refractivity contribution in [3.05, 3.63) is 62.6 Å². The van der Waals surface area contributed by atoms with Crippen LogP contribution in [0.15, 0.2) is 40.8 Å². The minimum Gasteiger partial charge on any atom is -0.330 e. The summed E-state index contributed by atoms with van der Waals surface area (Å²) in [6, 6.07) is 5.55. The van der Waals surface area contributed by atoms with E-state index in [1.165, 1.54) is 17.5 Å². The van der Waals surface area contributed by atoms with Gasteiger partial charge in [0.2, 0.25) is 0 Å². The lowest BCUT2D eigenvalue weighted by Crippen LogP contribution is -2.35. The van der Waals surface area contributed by atoms with Gasteiger partial charge in [0.05, 0.1) is 16.7 Å². The lowest BCUT2D eigenvalue weighted by molar-refractivity contribution is 0.0730. The summed E-state index contributed by atoms with van der Waals surface area (Å²) >= 11 is 1.48. The Morgan fingerprint density at radius 2 is 2.23 bits per heavy atom. The normalized spacial score (nSPS) is 16.8. The van der Waals surface area contributed by atoms with Crippen molar-refractivity contribution in [3.8, 4) is 11.5 Å². The first-order valence-electron chi connectivity index (χ1n) is 8.37. The quantitative estimate of drug-likeness (QED) is 0.768. The predicted molar refractivity (Wildman–Crippen MR) is 98.0 cm³/mol. The van der Waals surface area contributed by atoms with Gasteiger partial charge in [-0.3, -0.25) is 14.6 Å². The Labute approximate surface area is 153 Å². The third-order valence-electron chi connectivity index (χ3n) is 4.43. The molecule has 132 valence electrons. The zero-order chi connectivity index (χ0) is 18.1. The molecule has 1 amide bonds. The van der Waals surface area contributed by atoms with E-state index in [-0.39, 0.29) is 17.5 Å². The highest BCUT2D eigenvalue weighted by atomic mass is 32.1. The van der Waals surface area contributed by atoms with Gasteiger partial charge in [0.25, 0.3) is 11.5 Å². The molecule has 1 fully saturated rings. The Balaban J connectivity index is 1.63. The molecule has 0 unspecified atom stereocenters. The third-order valence-corrected chi connectivity index (χ3v) is 5.21. The first-order valence-corrected chi connectivity index (χ1v) is 9.25. The lowest BCUT2D eigenvalue weighted by atomic mass is 10.1. The zero-order valence-electron chi connectivity index (χ0n) is 14.2. The molecule has 4 rings (SSSR count). The maximum absolute atomic E-state index is 12.9. The number of likely N-dealkylation sites (tertiary alicyclic amines) is 1. The molecule has 3 aromatic rings. The molecule has 1 aliphatic heterocycles. The van der Waals surface area contributed by atoms with E-state index in [4.69, 9.17) is 0 Å². The summed E-state index contributed by atoms with van der Waals surface area (Å²) in [7, 11) is 0. The molecular formula is C18H17N5O2S. The molecule has 8 heteroatoms. The van der Waals surface area contributed by atoms with Crippen molar-refractivity contribution in [2.75, 3.05) is 6.54 Å². The van der Waals surface area contributed by atoms with Crippen molar-refractivity contribution in [1.29, 1.82) is 0 Å². The standard InChI is InChI=1S/C18H17N5O2S/c1-11-21-14(10-26-11)16-20-9-12(17(24)22-16)18(25)23-8-4-6-15(23)13-5-2-3-7-19-13/h2-3,5,7,9-10,15H,4,6,8H2,1H3,(H,20,22,24)/t15-/m0/s1. The van der Waals surface area contributed by atoms with Crippen molar-refractivity contribution >= 4 is 17.2 Å². The number of aromatic amines is 1. The molecule has 0 radical (unpaired) electrons. The number of hydrogen-bond acceptors (Lipinski definition) is 6. The van der Waals surface area contributed by atoms with Crippen LogP contribution in [-0.2, 0) is 0 Å². The minimum atomic E-state index is -0.447. The third kappa shape index (κ3) is 3.03. The number of carbonyl (C=O) groups excluding carboxylic acids is 1. The van der Waals surface area contributed by atoms with E-state index in [1.807, 2.05) is 30.5 Å². The molecule has 1 atom stereocenters. The summed E-state index contributed by atoms with van der Waals surface area (Å²) in [5.41, 5.74) is 1.05. The van der Waals surface area contributed by atoms with E-state index in [9.17, 15) is 9.59 Å². The van der Waals surface area contributed by atoms with Crippen LogP contribution in [0.2, 0.25) is 0 Å². The number of carbonyl (C=O) groups is 1. The molecular weight excluding hydrogens is 350 g/mol. The summed E-state index contributed by atoms with van der Waals surface area (Å²) in [4.78, 5) is 42.7. The van der Waals surface area contributed by atoms with Crippen LogP contribution in [0.25, 0.3) is 11.5 Å². The lowest BCUT2D eigenvalue weighted by Gasteiger charge is -2.23. The first kappa shape index (κ1) is 16.6. The number of nitrogens with zero attached hydrogens (tertiary/aromatic N) is 4. The molecule has 4 heterocycles. The second kappa shape index (κ2) is 6.80. The Hall–Kier alpha value is -2.87.